The lowest BCUT2D eigenvalue weighted by molar-refractivity contribution is -0.125. The van der Waals surface area contributed by atoms with Crippen LogP contribution in [-0.4, -0.2) is 61.6 Å². The zero-order valence-corrected chi connectivity index (χ0v) is 16.6. The van der Waals surface area contributed by atoms with E-state index in [2.05, 4.69) is 10.2 Å². The number of anilines is 2. The molecule has 158 valence electrons. The van der Waals surface area contributed by atoms with E-state index in [-0.39, 0.29) is 30.7 Å². The first kappa shape index (κ1) is 20.3. The second-order valence-corrected chi connectivity index (χ2v) is 8.23. The van der Waals surface area contributed by atoms with Gasteiger partial charge in [-0.15, -0.1) is 0 Å². The quantitative estimate of drug-likeness (QED) is 0.689. The summed E-state index contributed by atoms with van der Waals surface area (Å²) in [4.78, 5) is 28.5. The maximum absolute atomic E-state index is 14.6. The van der Waals surface area contributed by atoms with E-state index >= 15 is 0 Å². The van der Waals surface area contributed by atoms with Gasteiger partial charge in [-0.05, 0) is 49.8 Å². The molecule has 3 aliphatic rings. The second kappa shape index (κ2) is 8.77. The summed E-state index contributed by atoms with van der Waals surface area (Å²) in [6, 6.07) is 4.43. The summed E-state index contributed by atoms with van der Waals surface area (Å²) in [5.74, 6) is -0.365. The summed E-state index contributed by atoms with van der Waals surface area (Å²) < 4.78 is 19.7. The molecular weight excluding hydrogens is 375 g/mol. The van der Waals surface area contributed by atoms with E-state index < -0.39 is 11.9 Å². The van der Waals surface area contributed by atoms with Crippen molar-refractivity contribution in [3.8, 4) is 0 Å². The number of halogens is 1. The minimum atomic E-state index is -0.545. The van der Waals surface area contributed by atoms with Gasteiger partial charge in [-0.1, -0.05) is 6.42 Å². The number of nitrogens with two attached hydrogens (primary N) is 1. The van der Waals surface area contributed by atoms with Gasteiger partial charge < -0.3 is 20.7 Å². The first-order valence-corrected chi connectivity index (χ1v) is 10.5. The first-order valence-electron chi connectivity index (χ1n) is 10.5. The largest absolute Gasteiger partial charge is 0.370 e. The molecule has 1 heterocycles. The molecule has 2 amide bonds. The van der Waals surface area contributed by atoms with E-state index in [4.69, 9.17) is 10.5 Å². The van der Waals surface area contributed by atoms with E-state index in [1.807, 2.05) is 0 Å². The molecule has 3 fully saturated rings. The molecule has 0 bridgehead atoms. The van der Waals surface area contributed by atoms with Crippen molar-refractivity contribution in [1.82, 2.24) is 4.90 Å². The highest BCUT2D eigenvalue weighted by Gasteiger charge is 2.38. The number of nitrogens with one attached hydrogen (secondary N) is 1. The van der Waals surface area contributed by atoms with Crippen LogP contribution < -0.4 is 16.0 Å². The number of carbonyl (C=O) groups excluding carboxylic acids is 2. The van der Waals surface area contributed by atoms with Crippen molar-refractivity contribution in [2.24, 2.45) is 11.7 Å². The number of hydrogen-bond acceptors (Lipinski definition) is 5. The Balaban J connectivity index is 1.43. The summed E-state index contributed by atoms with van der Waals surface area (Å²) in [6.07, 6.45) is 5.91. The minimum absolute atomic E-state index is 0.0475. The Morgan fingerprint density at radius 1 is 1.34 bits per heavy atom. The van der Waals surface area contributed by atoms with Crippen LogP contribution in [0.2, 0.25) is 0 Å². The molecule has 29 heavy (non-hydrogen) atoms. The fourth-order valence-corrected chi connectivity index (χ4v) is 4.11. The average molecular weight is 404 g/mol. The summed E-state index contributed by atoms with van der Waals surface area (Å²) in [5, 5.41) is 2.82. The molecule has 0 unspecified atom stereocenters. The number of morpholine rings is 1. The van der Waals surface area contributed by atoms with Gasteiger partial charge in [0.1, 0.15) is 18.5 Å². The smallest absolute Gasteiger partial charge is 0.253 e. The number of rotatable bonds is 8. The van der Waals surface area contributed by atoms with Crippen LogP contribution in [0.3, 0.4) is 0 Å². The average Bonchev–Trinajstić information content (AvgIpc) is 3.49. The van der Waals surface area contributed by atoms with E-state index in [0.717, 1.165) is 19.4 Å². The highest BCUT2D eigenvalue weighted by atomic mass is 19.1. The molecule has 1 atom stereocenters. The number of benzene rings is 1. The van der Waals surface area contributed by atoms with Gasteiger partial charge in [-0.25, -0.2) is 4.39 Å². The first-order chi connectivity index (χ1) is 14.1. The van der Waals surface area contributed by atoms with Gasteiger partial charge in [0.05, 0.1) is 12.3 Å². The molecule has 4 rings (SSSR count). The normalized spacial score (nSPS) is 21.2. The summed E-state index contributed by atoms with van der Waals surface area (Å²) in [5.41, 5.74) is 6.54. The van der Waals surface area contributed by atoms with Crippen molar-refractivity contribution in [3.05, 3.63) is 24.0 Å². The van der Waals surface area contributed by atoms with Crippen LogP contribution in [0.25, 0.3) is 0 Å². The maximum Gasteiger partial charge on any atom is 0.253 e. The van der Waals surface area contributed by atoms with Crippen molar-refractivity contribution in [2.75, 3.05) is 43.1 Å². The monoisotopic (exact) mass is 404 g/mol. The van der Waals surface area contributed by atoms with Crippen molar-refractivity contribution < 1.29 is 18.7 Å². The van der Waals surface area contributed by atoms with Gasteiger partial charge in [-0.3, -0.25) is 14.5 Å². The van der Waals surface area contributed by atoms with E-state index in [9.17, 15) is 14.0 Å². The molecule has 0 aromatic heterocycles. The zero-order valence-electron chi connectivity index (χ0n) is 16.6. The molecular formula is C21H29FN4O3. The Morgan fingerprint density at radius 2 is 2.14 bits per heavy atom. The summed E-state index contributed by atoms with van der Waals surface area (Å²) >= 11 is 0. The zero-order chi connectivity index (χ0) is 20.4. The Bertz CT molecular complexity index is 766. The van der Waals surface area contributed by atoms with Gasteiger partial charge in [0, 0.05) is 31.4 Å². The summed E-state index contributed by atoms with van der Waals surface area (Å²) in [7, 11) is 0. The number of hydrogen-bond donors (Lipinski definition) is 2. The highest BCUT2D eigenvalue weighted by molar-refractivity contribution is 5.97. The van der Waals surface area contributed by atoms with Gasteiger partial charge in [0.2, 0.25) is 5.91 Å². The van der Waals surface area contributed by atoms with Crippen LogP contribution in [-0.2, 0) is 14.3 Å². The number of nitrogens with zero attached hydrogens (tertiary/aromatic N) is 2. The summed E-state index contributed by atoms with van der Waals surface area (Å²) in [6.45, 7) is 1.78. The van der Waals surface area contributed by atoms with Gasteiger partial charge >= 0.3 is 0 Å². The fraction of sp³-hybridized carbons (Fsp3) is 0.619. The second-order valence-electron chi connectivity index (χ2n) is 8.23. The number of ether oxygens (including phenoxy) is 1. The predicted molar refractivity (Wildman–Crippen MR) is 108 cm³/mol. The minimum Gasteiger partial charge on any atom is -0.370 e. The molecule has 1 aromatic carbocycles. The lowest BCUT2D eigenvalue weighted by atomic mass is 9.84. The van der Waals surface area contributed by atoms with Crippen LogP contribution in [0, 0.1) is 11.7 Å². The maximum atomic E-state index is 14.6. The highest BCUT2D eigenvalue weighted by Crippen LogP contribution is 2.34. The molecule has 1 aliphatic heterocycles. The van der Waals surface area contributed by atoms with Crippen LogP contribution in [0.5, 0.6) is 0 Å². The Hall–Kier alpha value is -2.03. The van der Waals surface area contributed by atoms with Crippen molar-refractivity contribution in [2.45, 2.75) is 44.2 Å². The fourth-order valence-electron chi connectivity index (χ4n) is 4.11. The third kappa shape index (κ3) is 4.60. The SMILES string of the molecule is NC[C@@H](C(=O)Nc1ccc(N2CCOCC2=O)c(F)c1)N(CC1CCC1)C1CC1. The van der Waals surface area contributed by atoms with E-state index in [1.54, 1.807) is 6.07 Å². The van der Waals surface area contributed by atoms with Crippen LogP contribution in [0.4, 0.5) is 15.8 Å². The third-order valence-electron chi connectivity index (χ3n) is 6.13. The molecule has 2 saturated carbocycles. The predicted octanol–water partition coefficient (Wildman–Crippen LogP) is 1.72. The van der Waals surface area contributed by atoms with Crippen LogP contribution in [0.15, 0.2) is 18.2 Å². The van der Waals surface area contributed by atoms with E-state index in [1.165, 1.54) is 36.3 Å². The molecule has 0 radical (unpaired) electrons. The van der Waals surface area contributed by atoms with E-state index in [0.29, 0.717) is 30.8 Å². The molecule has 0 spiro atoms. The van der Waals surface area contributed by atoms with Crippen LogP contribution >= 0.6 is 0 Å². The van der Waals surface area contributed by atoms with Gasteiger partial charge in [0.25, 0.3) is 5.91 Å². The molecule has 3 N–H and O–H groups in total. The standard InChI is InChI=1S/C21H29FN4O3/c22-17-10-15(4-7-18(17)25-8-9-29-13-20(25)27)24-21(28)19(11-23)26(16-5-6-16)12-14-2-1-3-14/h4,7,10,14,16,19H,1-3,5-6,8-9,11-13,23H2,(H,24,28)/t19-/m0/s1. The number of amides is 2. The van der Waals surface area contributed by atoms with Crippen molar-refractivity contribution >= 4 is 23.2 Å². The Morgan fingerprint density at radius 3 is 2.72 bits per heavy atom. The lowest BCUT2D eigenvalue weighted by Gasteiger charge is -2.36. The van der Waals surface area contributed by atoms with Crippen LogP contribution in [0.1, 0.15) is 32.1 Å². The molecule has 1 aromatic rings. The van der Waals surface area contributed by atoms with Crippen molar-refractivity contribution in [1.29, 1.82) is 0 Å². The van der Waals surface area contributed by atoms with Gasteiger partial charge in [-0.2, -0.15) is 0 Å². The molecule has 1 saturated heterocycles. The lowest BCUT2D eigenvalue weighted by Crippen LogP contribution is -2.51. The topological polar surface area (TPSA) is 87.9 Å². The number of carbonyl (C=O) groups is 2. The third-order valence-corrected chi connectivity index (χ3v) is 6.13. The molecule has 8 heteroatoms. The molecule has 2 aliphatic carbocycles. The molecule has 7 nitrogen and oxygen atoms in total. The van der Waals surface area contributed by atoms with Gasteiger partial charge in [0.15, 0.2) is 0 Å². The Kier molecular flexibility index (Phi) is 6.12. The van der Waals surface area contributed by atoms with Crippen molar-refractivity contribution in [3.63, 3.8) is 0 Å². The Labute approximate surface area is 170 Å².